The van der Waals surface area contributed by atoms with Gasteiger partial charge in [0.1, 0.15) is 0 Å². The molecule has 1 unspecified atom stereocenters. The highest BCUT2D eigenvalue weighted by Crippen LogP contribution is 2.35. The molecule has 1 saturated carbocycles. The lowest BCUT2D eigenvalue weighted by atomic mass is 9.73. The second-order valence-corrected chi connectivity index (χ2v) is 5.90. The molecule has 90 valence electrons. The normalized spacial score (nSPS) is 25.8. The molecule has 15 heavy (non-hydrogen) atoms. The summed E-state index contributed by atoms with van der Waals surface area (Å²) in [5, 5.41) is 3.74. The molecule has 0 bridgehead atoms. The third-order valence-electron chi connectivity index (χ3n) is 3.68. The number of nitrogens with one attached hydrogen (secondary N) is 1. The van der Waals surface area contributed by atoms with E-state index in [-0.39, 0.29) is 0 Å². The fourth-order valence-corrected chi connectivity index (χ4v) is 2.54. The summed E-state index contributed by atoms with van der Waals surface area (Å²) in [4.78, 5) is 2.26. The van der Waals surface area contributed by atoms with Crippen LogP contribution in [0.25, 0.3) is 0 Å². The highest BCUT2D eigenvalue weighted by Gasteiger charge is 2.31. The molecule has 0 aromatic heterocycles. The fourth-order valence-electron chi connectivity index (χ4n) is 2.54. The molecule has 1 N–H and O–H groups in total. The zero-order valence-electron chi connectivity index (χ0n) is 11.0. The van der Waals surface area contributed by atoms with Gasteiger partial charge in [0.15, 0.2) is 0 Å². The second-order valence-electron chi connectivity index (χ2n) is 5.90. The maximum Gasteiger partial charge on any atom is 0.0118 e. The van der Waals surface area contributed by atoms with Gasteiger partial charge in [-0.15, -0.1) is 0 Å². The predicted octanol–water partition coefficient (Wildman–Crippen LogP) is 2.50. The smallest absolute Gasteiger partial charge is 0.0118 e. The summed E-state index contributed by atoms with van der Waals surface area (Å²) < 4.78 is 0. The van der Waals surface area contributed by atoms with E-state index in [1.54, 1.807) is 0 Å². The van der Waals surface area contributed by atoms with Gasteiger partial charge in [0.05, 0.1) is 0 Å². The SMILES string of the molecule is CN(C)CCCNC1CCCCC1(C)C. The van der Waals surface area contributed by atoms with Crippen molar-refractivity contribution in [2.75, 3.05) is 27.2 Å². The minimum Gasteiger partial charge on any atom is -0.313 e. The summed E-state index contributed by atoms with van der Waals surface area (Å²) >= 11 is 0. The molecule has 2 heteroatoms. The van der Waals surface area contributed by atoms with E-state index in [9.17, 15) is 0 Å². The fraction of sp³-hybridized carbons (Fsp3) is 1.00. The molecule has 0 aliphatic heterocycles. The quantitative estimate of drug-likeness (QED) is 0.704. The molecule has 1 aliphatic rings. The van der Waals surface area contributed by atoms with E-state index in [0.717, 1.165) is 6.04 Å². The Hall–Kier alpha value is -0.0800. The van der Waals surface area contributed by atoms with Crippen LogP contribution >= 0.6 is 0 Å². The van der Waals surface area contributed by atoms with Crippen LogP contribution in [0.3, 0.4) is 0 Å². The van der Waals surface area contributed by atoms with Gasteiger partial charge in [-0.3, -0.25) is 0 Å². The van der Waals surface area contributed by atoms with Crippen molar-refractivity contribution in [3.8, 4) is 0 Å². The Kier molecular flexibility index (Phi) is 5.07. The average Bonchev–Trinajstić information content (AvgIpc) is 2.13. The lowest BCUT2D eigenvalue weighted by Crippen LogP contribution is -2.44. The van der Waals surface area contributed by atoms with E-state index < -0.39 is 0 Å². The maximum atomic E-state index is 3.74. The van der Waals surface area contributed by atoms with Gasteiger partial charge < -0.3 is 10.2 Å². The van der Waals surface area contributed by atoms with Gasteiger partial charge in [-0.1, -0.05) is 26.7 Å². The van der Waals surface area contributed by atoms with E-state index in [2.05, 4.69) is 38.2 Å². The van der Waals surface area contributed by atoms with Crippen LogP contribution in [-0.2, 0) is 0 Å². The topological polar surface area (TPSA) is 15.3 Å². The van der Waals surface area contributed by atoms with Crippen LogP contribution < -0.4 is 5.32 Å². The van der Waals surface area contributed by atoms with Crippen molar-refractivity contribution in [3.63, 3.8) is 0 Å². The first-order valence-electron chi connectivity index (χ1n) is 6.40. The highest BCUT2D eigenvalue weighted by atomic mass is 15.1. The van der Waals surface area contributed by atoms with Gasteiger partial charge in [0.2, 0.25) is 0 Å². The predicted molar refractivity (Wildman–Crippen MR) is 67.2 cm³/mol. The van der Waals surface area contributed by atoms with Crippen molar-refractivity contribution >= 4 is 0 Å². The molecule has 1 fully saturated rings. The minimum absolute atomic E-state index is 0.510. The molecule has 0 aromatic carbocycles. The summed E-state index contributed by atoms with van der Waals surface area (Å²) in [6.45, 7) is 7.19. The summed E-state index contributed by atoms with van der Waals surface area (Å²) in [6.07, 6.45) is 6.85. The van der Waals surface area contributed by atoms with Crippen molar-refractivity contribution in [3.05, 3.63) is 0 Å². The van der Waals surface area contributed by atoms with Crippen LogP contribution in [-0.4, -0.2) is 38.1 Å². The maximum absolute atomic E-state index is 3.74. The molecule has 2 nitrogen and oxygen atoms in total. The zero-order valence-corrected chi connectivity index (χ0v) is 11.0. The summed E-state index contributed by atoms with van der Waals surface area (Å²) in [7, 11) is 4.29. The largest absolute Gasteiger partial charge is 0.313 e. The number of nitrogens with zero attached hydrogens (tertiary/aromatic N) is 1. The molecule has 0 radical (unpaired) electrons. The second kappa shape index (κ2) is 5.86. The Bertz CT molecular complexity index is 175. The standard InChI is InChI=1S/C13H28N2/c1-13(2)9-6-5-8-12(13)14-10-7-11-15(3)4/h12,14H,5-11H2,1-4H3. The lowest BCUT2D eigenvalue weighted by Gasteiger charge is -2.39. The molecule has 1 aliphatic carbocycles. The molecule has 0 saturated heterocycles. The van der Waals surface area contributed by atoms with Crippen LogP contribution in [0.5, 0.6) is 0 Å². The van der Waals surface area contributed by atoms with Gasteiger partial charge in [0.25, 0.3) is 0 Å². The van der Waals surface area contributed by atoms with Crippen LogP contribution in [0, 0.1) is 5.41 Å². The lowest BCUT2D eigenvalue weighted by molar-refractivity contribution is 0.167. The van der Waals surface area contributed by atoms with E-state index in [1.807, 2.05) is 0 Å². The van der Waals surface area contributed by atoms with Gasteiger partial charge in [-0.2, -0.15) is 0 Å². The highest BCUT2D eigenvalue weighted by molar-refractivity contribution is 4.87. The number of hydrogen-bond acceptors (Lipinski definition) is 2. The van der Waals surface area contributed by atoms with Crippen LogP contribution in [0.2, 0.25) is 0 Å². The monoisotopic (exact) mass is 212 g/mol. The molecule has 0 heterocycles. The Morgan fingerprint density at radius 2 is 2.00 bits per heavy atom. The number of rotatable bonds is 5. The Balaban J connectivity index is 2.19. The van der Waals surface area contributed by atoms with Crippen LogP contribution in [0.15, 0.2) is 0 Å². The van der Waals surface area contributed by atoms with Crippen molar-refractivity contribution in [2.45, 2.75) is 52.0 Å². The minimum atomic E-state index is 0.510. The van der Waals surface area contributed by atoms with E-state index >= 15 is 0 Å². The first kappa shape index (κ1) is 13.0. The van der Waals surface area contributed by atoms with Crippen molar-refractivity contribution < 1.29 is 0 Å². The van der Waals surface area contributed by atoms with Gasteiger partial charge >= 0.3 is 0 Å². The Morgan fingerprint density at radius 3 is 2.60 bits per heavy atom. The molecule has 1 atom stereocenters. The molecule has 0 spiro atoms. The van der Waals surface area contributed by atoms with Crippen LogP contribution in [0.1, 0.15) is 46.0 Å². The Morgan fingerprint density at radius 1 is 1.27 bits per heavy atom. The third-order valence-corrected chi connectivity index (χ3v) is 3.68. The molecule has 0 amide bonds. The molecule has 0 aromatic rings. The number of hydrogen-bond donors (Lipinski definition) is 1. The van der Waals surface area contributed by atoms with Gasteiger partial charge in [-0.25, -0.2) is 0 Å². The first-order chi connectivity index (χ1) is 7.02. The van der Waals surface area contributed by atoms with Gasteiger partial charge in [0, 0.05) is 6.04 Å². The van der Waals surface area contributed by atoms with Crippen molar-refractivity contribution in [2.24, 2.45) is 5.41 Å². The molecule has 1 rings (SSSR count). The molecular weight excluding hydrogens is 184 g/mol. The first-order valence-corrected chi connectivity index (χ1v) is 6.40. The molecular formula is C13H28N2. The third kappa shape index (κ3) is 4.52. The average molecular weight is 212 g/mol. The van der Waals surface area contributed by atoms with Crippen molar-refractivity contribution in [1.29, 1.82) is 0 Å². The Labute approximate surface area is 95.4 Å². The van der Waals surface area contributed by atoms with Crippen molar-refractivity contribution in [1.82, 2.24) is 10.2 Å². The van der Waals surface area contributed by atoms with Crippen LogP contribution in [0.4, 0.5) is 0 Å². The van der Waals surface area contributed by atoms with Gasteiger partial charge in [-0.05, 0) is 51.9 Å². The van der Waals surface area contributed by atoms with E-state index in [4.69, 9.17) is 0 Å². The zero-order chi connectivity index (χ0) is 11.3. The summed E-state index contributed by atoms with van der Waals surface area (Å²) in [5.74, 6) is 0. The van der Waals surface area contributed by atoms with E-state index in [0.29, 0.717) is 5.41 Å². The summed E-state index contributed by atoms with van der Waals surface area (Å²) in [5.41, 5.74) is 0.510. The van der Waals surface area contributed by atoms with E-state index in [1.165, 1.54) is 45.2 Å². The summed E-state index contributed by atoms with van der Waals surface area (Å²) in [6, 6.07) is 0.744.